The van der Waals surface area contributed by atoms with Crippen molar-refractivity contribution in [1.82, 2.24) is 15.1 Å². The normalized spacial score (nSPS) is 22.4. The zero-order valence-corrected chi connectivity index (χ0v) is 12.0. The van der Waals surface area contributed by atoms with E-state index in [1.807, 2.05) is 19.0 Å². The van der Waals surface area contributed by atoms with Gasteiger partial charge >= 0.3 is 5.97 Å². The molecule has 0 aromatic carbocycles. The van der Waals surface area contributed by atoms with Crippen LogP contribution in [0.1, 0.15) is 16.9 Å². The van der Waals surface area contributed by atoms with Crippen LogP contribution in [-0.2, 0) is 4.74 Å². The van der Waals surface area contributed by atoms with Crippen LogP contribution in [0.5, 0.6) is 0 Å². The van der Waals surface area contributed by atoms with Crippen molar-refractivity contribution in [3.63, 3.8) is 0 Å². The smallest absolute Gasteiger partial charge is 0.358 e. The SMILES string of the molecule is COC(=O)c1ccc(N2CC(O)CC2CN(C)C)nn1. The monoisotopic (exact) mass is 280 g/mol. The highest BCUT2D eigenvalue weighted by molar-refractivity contribution is 5.86. The highest BCUT2D eigenvalue weighted by Gasteiger charge is 2.32. The Hall–Kier alpha value is -1.73. The minimum atomic E-state index is -0.504. The van der Waals surface area contributed by atoms with Crippen molar-refractivity contribution >= 4 is 11.8 Å². The Morgan fingerprint density at radius 2 is 2.25 bits per heavy atom. The average molecular weight is 280 g/mol. The lowest BCUT2D eigenvalue weighted by Gasteiger charge is -2.27. The fourth-order valence-corrected chi connectivity index (χ4v) is 2.46. The number of hydrogen-bond donors (Lipinski definition) is 1. The summed E-state index contributed by atoms with van der Waals surface area (Å²) in [5.41, 5.74) is 0.181. The summed E-state index contributed by atoms with van der Waals surface area (Å²) < 4.78 is 4.59. The molecule has 0 radical (unpaired) electrons. The quantitative estimate of drug-likeness (QED) is 0.763. The van der Waals surface area contributed by atoms with Crippen molar-refractivity contribution in [1.29, 1.82) is 0 Å². The van der Waals surface area contributed by atoms with E-state index in [0.717, 1.165) is 6.54 Å². The maximum Gasteiger partial charge on any atom is 0.358 e. The molecule has 1 saturated heterocycles. The third kappa shape index (κ3) is 3.23. The summed E-state index contributed by atoms with van der Waals surface area (Å²) in [5.74, 6) is 0.163. The Morgan fingerprint density at radius 1 is 1.50 bits per heavy atom. The van der Waals surface area contributed by atoms with Gasteiger partial charge in [0.25, 0.3) is 0 Å². The van der Waals surface area contributed by atoms with Gasteiger partial charge in [0.05, 0.1) is 13.2 Å². The lowest BCUT2D eigenvalue weighted by atomic mass is 10.2. The molecule has 0 saturated carbocycles. The van der Waals surface area contributed by atoms with E-state index in [1.54, 1.807) is 12.1 Å². The molecule has 20 heavy (non-hydrogen) atoms. The maximum absolute atomic E-state index is 11.3. The number of hydrogen-bond acceptors (Lipinski definition) is 7. The maximum atomic E-state index is 11.3. The van der Waals surface area contributed by atoms with Crippen molar-refractivity contribution < 1.29 is 14.6 Å². The van der Waals surface area contributed by atoms with Gasteiger partial charge in [-0.2, -0.15) is 0 Å². The van der Waals surface area contributed by atoms with Crippen LogP contribution in [0.4, 0.5) is 5.82 Å². The van der Waals surface area contributed by atoms with Crippen LogP contribution >= 0.6 is 0 Å². The van der Waals surface area contributed by atoms with Crippen LogP contribution in [0.25, 0.3) is 0 Å². The fourth-order valence-electron chi connectivity index (χ4n) is 2.46. The molecule has 1 N–H and O–H groups in total. The van der Waals surface area contributed by atoms with Crippen LogP contribution in [0.15, 0.2) is 12.1 Å². The minimum Gasteiger partial charge on any atom is -0.464 e. The number of methoxy groups -OCH3 is 1. The first-order chi connectivity index (χ1) is 9.51. The van der Waals surface area contributed by atoms with Crippen molar-refractivity contribution in [2.75, 3.05) is 39.2 Å². The molecule has 2 rings (SSSR count). The number of carbonyl (C=O) groups is 1. The van der Waals surface area contributed by atoms with Crippen LogP contribution < -0.4 is 4.90 Å². The average Bonchev–Trinajstić information content (AvgIpc) is 2.78. The molecule has 1 aliphatic heterocycles. The van der Waals surface area contributed by atoms with Gasteiger partial charge in [0, 0.05) is 19.1 Å². The van der Waals surface area contributed by atoms with Gasteiger partial charge in [-0.1, -0.05) is 0 Å². The van der Waals surface area contributed by atoms with Crippen molar-refractivity contribution in [3.8, 4) is 0 Å². The summed E-state index contributed by atoms with van der Waals surface area (Å²) in [6.07, 6.45) is 0.348. The number of anilines is 1. The Labute approximate surface area is 118 Å². The minimum absolute atomic E-state index is 0.181. The van der Waals surface area contributed by atoms with E-state index >= 15 is 0 Å². The number of likely N-dealkylation sites (N-methyl/N-ethyl adjacent to an activating group) is 1. The van der Waals surface area contributed by atoms with Crippen molar-refractivity contribution in [3.05, 3.63) is 17.8 Å². The van der Waals surface area contributed by atoms with Gasteiger partial charge in [0.1, 0.15) is 0 Å². The molecule has 0 amide bonds. The molecule has 1 aliphatic rings. The first kappa shape index (κ1) is 14.7. The van der Waals surface area contributed by atoms with E-state index in [4.69, 9.17) is 0 Å². The van der Waals surface area contributed by atoms with Crippen LogP contribution in [-0.4, -0.2) is 72.6 Å². The van der Waals surface area contributed by atoms with E-state index in [9.17, 15) is 9.90 Å². The summed E-state index contributed by atoms with van der Waals surface area (Å²) in [4.78, 5) is 15.4. The lowest BCUT2D eigenvalue weighted by molar-refractivity contribution is 0.0592. The highest BCUT2D eigenvalue weighted by Crippen LogP contribution is 2.24. The third-order valence-electron chi connectivity index (χ3n) is 3.31. The predicted molar refractivity (Wildman–Crippen MR) is 73.7 cm³/mol. The van der Waals surface area contributed by atoms with E-state index in [1.165, 1.54) is 7.11 Å². The molecule has 110 valence electrons. The van der Waals surface area contributed by atoms with Gasteiger partial charge in [-0.25, -0.2) is 4.79 Å². The number of carbonyl (C=O) groups excluding carboxylic acids is 1. The molecular weight excluding hydrogens is 260 g/mol. The van der Waals surface area contributed by atoms with Gasteiger partial charge in [0.15, 0.2) is 11.5 Å². The number of ether oxygens (including phenoxy) is 1. The topological polar surface area (TPSA) is 78.8 Å². The first-order valence-corrected chi connectivity index (χ1v) is 6.52. The second-order valence-corrected chi connectivity index (χ2v) is 5.23. The summed E-state index contributed by atoms with van der Waals surface area (Å²) in [6, 6.07) is 3.52. The van der Waals surface area contributed by atoms with Crippen molar-refractivity contribution in [2.45, 2.75) is 18.6 Å². The molecule has 2 heterocycles. The van der Waals surface area contributed by atoms with E-state index in [2.05, 4.69) is 19.8 Å². The molecule has 1 fully saturated rings. The second kappa shape index (κ2) is 6.15. The number of nitrogens with zero attached hydrogens (tertiary/aromatic N) is 4. The largest absolute Gasteiger partial charge is 0.464 e. The number of aliphatic hydroxyl groups is 1. The zero-order valence-electron chi connectivity index (χ0n) is 12.0. The summed E-state index contributed by atoms with van der Waals surface area (Å²) in [7, 11) is 5.30. The molecule has 7 nitrogen and oxygen atoms in total. The van der Waals surface area contributed by atoms with E-state index < -0.39 is 5.97 Å². The number of β-amino-alcohol motifs (C(OH)–C–C–N with tert-alkyl or cyclic N) is 1. The van der Waals surface area contributed by atoms with Gasteiger partial charge in [-0.3, -0.25) is 0 Å². The molecule has 2 atom stereocenters. The fraction of sp³-hybridized carbons (Fsp3) is 0.615. The number of aromatic nitrogens is 2. The van der Waals surface area contributed by atoms with Gasteiger partial charge in [-0.05, 0) is 32.6 Å². The van der Waals surface area contributed by atoms with Gasteiger partial charge < -0.3 is 19.6 Å². The Balaban J connectivity index is 2.14. The number of aliphatic hydroxyl groups excluding tert-OH is 1. The van der Waals surface area contributed by atoms with Crippen LogP contribution in [0.3, 0.4) is 0 Å². The standard InChI is InChI=1S/C13H20N4O3/c1-16(2)7-9-6-10(18)8-17(9)12-5-4-11(14-15-12)13(19)20-3/h4-5,9-10,18H,6-8H2,1-3H3. The zero-order chi connectivity index (χ0) is 14.7. The molecule has 7 heteroatoms. The number of esters is 1. The summed E-state index contributed by atoms with van der Waals surface area (Å²) in [6.45, 7) is 1.36. The second-order valence-electron chi connectivity index (χ2n) is 5.23. The molecule has 2 unspecified atom stereocenters. The number of rotatable bonds is 4. The highest BCUT2D eigenvalue weighted by atomic mass is 16.5. The summed E-state index contributed by atoms with van der Waals surface area (Å²) >= 11 is 0. The molecule has 0 bridgehead atoms. The third-order valence-corrected chi connectivity index (χ3v) is 3.31. The Bertz CT molecular complexity index is 463. The van der Waals surface area contributed by atoms with Crippen LogP contribution in [0.2, 0.25) is 0 Å². The first-order valence-electron chi connectivity index (χ1n) is 6.52. The van der Waals surface area contributed by atoms with Crippen molar-refractivity contribution in [2.24, 2.45) is 0 Å². The Morgan fingerprint density at radius 3 is 2.80 bits per heavy atom. The van der Waals surface area contributed by atoms with E-state index in [-0.39, 0.29) is 17.8 Å². The molecular formula is C13H20N4O3. The van der Waals surface area contributed by atoms with Gasteiger partial charge in [-0.15, -0.1) is 10.2 Å². The molecule has 1 aromatic heterocycles. The lowest BCUT2D eigenvalue weighted by Crippen LogP contribution is -2.38. The van der Waals surface area contributed by atoms with Gasteiger partial charge in [0.2, 0.25) is 0 Å². The molecule has 0 aliphatic carbocycles. The molecule has 0 spiro atoms. The molecule has 1 aromatic rings. The predicted octanol–water partition coefficient (Wildman–Crippen LogP) is -0.236. The van der Waals surface area contributed by atoms with E-state index in [0.29, 0.717) is 18.8 Å². The Kier molecular flexibility index (Phi) is 4.51. The van der Waals surface area contributed by atoms with Crippen LogP contribution in [0, 0.1) is 0 Å². The summed E-state index contributed by atoms with van der Waals surface area (Å²) in [5, 5.41) is 17.8.